The molecule has 0 radical (unpaired) electrons. The number of rotatable bonds is 3. The van der Waals surface area contributed by atoms with Crippen molar-refractivity contribution in [2.45, 2.75) is 12.6 Å². The molecule has 2 fully saturated rings. The van der Waals surface area contributed by atoms with Gasteiger partial charge in [0.15, 0.2) is 0 Å². The van der Waals surface area contributed by atoms with E-state index in [1.54, 1.807) is 0 Å². The lowest BCUT2D eigenvalue weighted by Gasteiger charge is -2.19. The lowest BCUT2D eigenvalue weighted by atomic mass is 10.2. The van der Waals surface area contributed by atoms with Gasteiger partial charge in [0.2, 0.25) is 0 Å². The second kappa shape index (κ2) is 4.61. The van der Waals surface area contributed by atoms with Crippen LogP contribution in [0.25, 0.3) is 0 Å². The number of benzene rings is 1. The lowest BCUT2D eigenvalue weighted by Crippen LogP contribution is -2.35. The van der Waals surface area contributed by atoms with Crippen molar-refractivity contribution < 1.29 is 9.53 Å². The smallest absolute Gasteiger partial charge is 0.410 e. The highest BCUT2D eigenvalue weighted by Crippen LogP contribution is 2.45. The molecule has 1 aromatic carbocycles. The van der Waals surface area contributed by atoms with E-state index in [2.05, 4.69) is 5.32 Å². The Morgan fingerprint density at radius 1 is 1.33 bits per heavy atom. The van der Waals surface area contributed by atoms with Crippen LogP contribution in [0.2, 0.25) is 0 Å². The van der Waals surface area contributed by atoms with E-state index >= 15 is 0 Å². The number of nitrogens with zero attached hydrogens (tertiary/aromatic N) is 1. The van der Waals surface area contributed by atoms with Crippen LogP contribution in [0.4, 0.5) is 4.79 Å². The van der Waals surface area contributed by atoms with E-state index in [9.17, 15) is 4.79 Å². The average Bonchev–Trinajstić information content (AvgIpc) is 2.88. The van der Waals surface area contributed by atoms with Crippen LogP contribution in [0.1, 0.15) is 5.56 Å². The predicted octanol–water partition coefficient (Wildman–Crippen LogP) is 1.47. The molecule has 0 unspecified atom stereocenters. The normalized spacial score (nSPS) is 28.9. The average molecular weight is 246 g/mol. The third-order valence-corrected chi connectivity index (χ3v) is 3.99. The van der Waals surface area contributed by atoms with Crippen molar-refractivity contribution in [1.82, 2.24) is 10.2 Å². The standard InChI is InChI=1S/C14H18N2O2/c1-15-13-11-7-16(8-12(11)13)14(17)18-9-10-5-3-2-4-6-10/h2-6,11-13,15H,7-9H2,1H3/t11-,12+,13-. The van der Waals surface area contributed by atoms with E-state index in [0.29, 0.717) is 24.5 Å². The first-order valence-corrected chi connectivity index (χ1v) is 6.42. The fourth-order valence-corrected chi connectivity index (χ4v) is 2.91. The van der Waals surface area contributed by atoms with Gasteiger partial charge >= 0.3 is 6.09 Å². The molecule has 96 valence electrons. The van der Waals surface area contributed by atoms with Crippen molar-refractivity contribution in [3.05, 3.63) is 35.9 Å². The molecule has 1 aliphatic carbocycles. The first-order valence-electron chi connectivity index (χ1n) is 6.42. The van der Waals surface area contributed by atoms with Crippen LogP contribution in [-0.2, 0) is 11.3 Å². The molecular weight excluding hydrogens is 228 g/mol. The van der Waals surface area contributed by atoms with Crippen molar-refractivity contribution in [2.24, 2.45) is 11.8 Å². The van der Waals surface area contributed by atoms with Gasteiger partial charge in [0.25, 0.3) is 0 Å². The second-order valence-electron chi connectivity index (χ2n) is 5.09. The maximum Gasteiger partial charge on any atom is 0.410 e. The van der Waals surface area contributed by atoms with Gasteiger partial charge in [-0.05, 0) is 24.4 Å². The summed E-state index contributed by atoms with van der Waals surface area (Å²) < 4.78 is 5.32. The Balaban J connectivity index is 1.46. The fourth-order valence-electron chi connectivity index (χ4n) is 2.91. The molecule has 1 N–H and O–H groups in total. The number of piperidine rings is 1. The van der Waals surface area contributed by atoms with Gasteiger partial charge < -0.3 is 15.0 Å². The molecule has 3 atom stereocenters. The zero-order valence-electron chi connectivity index (χ0n) is 10.5. The summed E-state index contributed by atoms with van der Waals surface area (Å²) in [6.45, 7) is 2.04. The van der Waals surface area contributed by atoms with E-state index in [4.69, 9.17) is 4.74 Å². The summed E-state index contributed by atoms with van der Waals surface area (Å²) in [5.74, 6) is 1.28. The first-order chi connectivity index (χ1) is 8.79. The molecule has 18 heavy (non-hydrogen) atoms. The number of carbonyl (C=O) groups excluding carboxylic acids is 1. The Bertz CT molecular complexity index is 423. The minimum absolute atomic E-state index is 0.180. The molecule has 1 saturated carbocycles. The van der Waals surface area contributed by atoms with E-state index in [1.165, 1.54) is 0 Å². The quantitative estimate of drug-likeness (QED) is 0.878. The highest BCUT2D eigenvalue weighted by Gasteiger charge is 2.56. The Labute approximate surface area is 107 Å². The van der Waals surface area contributed by atoms with Crippen LogP contribution >= 0.6 is 0 Å². The van der Waals surface area contributed by atoms with E-state index in [0.717, 1.165) is 18.7 Å². The monoisotopic (exact) mass is 246 g/mol. The maximum atomic E-state index is 11.9. The van der Waals surface area contributed by atoms with E-state index in [1.807, 2.05) is 42.3 Å². The second-order valence-corrected chi connectivity index (χ2v) is 5.09. The van der Waals surface area contributed by atoms with Crippen LogP contribution in [0.15, 0.2) is 30.3 Å². The van der Waals surface area contributed by atoms with Crippen LogP contribution in [0, 0.1) is 11.8 Å². The van der Waals surface area contributed by atoms with E-state index in [-0.39, 0.29) is 6.09 Å². The molecule has 1 aliphatic heterocycles. The summed E-state index contributed by atoms with van der Waals surface area (Å²) in [7, 11) is 1.99. The molecule has 4 nitrogen and oxygen atoms in total. The summed E-state index contributed by atoms with van der Waals surface area (Å²) in [5.41, 5.74) is 1.03. The van der Waals surface area contributed by atoms with Crippen molar-refractivity contribution in [2.75, 3.05) is 20.1 Å². The van der Waals surface area contributed by atoms with Gasteiger partial charge in [-0.25, -0.2) is 4.79 Å². The van der Waals surface area contributed by atoms with Crippen LogP contribution in [-0.4, -0.2) is 37.2 Å². The molecule has 1 aromatic rings. The van der Waals surface area contributed by atoms with Gasteiger partial charge in [-0.2, -0.15) is 0 Å². The highest BCUT2D eigenvalue weighted by molar-refractivity contribution is 5.68. The van der Waals surface area contributed by atoms with Gasteiger partial charge in [0.05, 0.1) is 0 Å². The van der Waals surface area contributed by atoms with Crippen molar-refractivity contribution in [3.8, 4) is 0 Å². The van der Waals surface area contributed by atoms with Crippen LogP contribution in [0.3, 0.4) is 0 Å². The molecule has 4 heteroatoms. The Kier molecular flexibility index (Phi) is 2.96. The number of carbonyl (C=O) groups is 1. The van der Waals surface area contributed by atoms with Crippen molar-refractivity contribution in [3.63, 3.8) is 0 Å². The van der Waals surface area contributed by atoms with Crippen LogP contribution in [0.5, 0.6) is 0 Å². The summed E-state index contributed by atoms with van der Waals surface area (Å²) in [5, 5.41) is 3.28. The number of hydrogen-bond acceptors (Lipinski definition) is 3. The largest absolute Gasteiger partial charge is 0.445 e. The third-order valence-electron chi connectivity index (χ3n) is 3.99. The first kappa shape index (κ1) is 11.5. The Hall–Kier alpha value is -1.55. The molecule has 0 spiro atoms. The molecule has 3 rings (SSSR count). The molecule has 2 aliphatic rings. The third kappa shape index (κ3) is 2.08. The van der Waals surface area contributed by atoms with Gasteiger partial charge in [-0.3, -0.25) is 0 Å². The summed E-state index contributed by atoms with van der Waals surface area (Å²) >= 11 is 0. The predicted molar refractivity (Wildman–Crippen MR) is 68.0 cm³/mol. The fraction of sp³-hybridized carbons (Fsp3) is 0.500. The minimum atomic E-state index is -0.180. The zero-order chi connectivity index (χ0) is 12.5. The number of amides is 1. The number of hydrogen-bond donors (Lipinski definition) is 1. The zero-order valence-corrected chi connectivity index (χ0v) is 10.5. The van der Waals surface area contributed by atoms with Crippen molar-refractivity contribution in [1.29, 1.82) is 0 Å². The Morgan fingerprint density at radius 3 is 2.61 bits per heavy atom. The topological polar surface area (TPSA) is 41.6 Å². The number of fused-ring (bicyclic) bond motifs is 1. The van der Waals surface area contributed by atoms with Gasteiger partial charge in [0.1, 0.15) is 6.61 Å². The summed E-state index contributed by atoms with van der Waals surface area (Å²) in [6, 6.07) is 10.4. The molecule has 1 heterocycles. The van der Waals surface area contributed by atoms with Gasteiger partial charge in [-0.15, -0.1) is 0 Å². The minimum Gasteiger partial charge on any atom is -0.445 e. The van der Waals surface area contributed by atoms with Gasteiger partial charge in [0, 0.05) is 19.1 Å². The van der Waals surface area contributed by atoms with Crippen molar-refractivity contribution >= 4 is 6.09 Å². The van der Waals surface area contributed by atoms with Crippen LogP contribution < -0.4 is 5.32 Å². The molecule has 1 saturated heterocycles. The maximum absolute atomic E-state index is 11.9. The summed E-state index contributed by atoms with van der Waals surface area (Å²) in [6.07, 6.45) is -0.180. The summed E-state index contributed by atoms with van der Waals surface area (Å²) in [4.78, 5) is 13.7. The molecule has 0 aromatic heterocycles. The Morgan fingerprint density at radius 2 is 2.00 bits per heavy atom. The molecule has 1 amide bonds. The lowest BCUT2D eigenvalue weighted by molar-refractivity contribution is 0.0995. The highest BCUT2D eigenvalue weighted by atomic mass is 16.6. The van der Waals surface area contributed by atoms with E-state index < -0.39 is 0 Å². The number of likely N-dealkylation sites (tertiary alicyclic amines) is 1. The number of ether oxygens (including phenoxy) is 1. The number of nitrogens with one attached hydrogen (secondary N) is 1. The molecule has 0 bridgehead atoms. The SMILES string of the molecule is CN[C@@H]1[C@@H]2CN(C(=O)OCc3ccccc3)C[C@@H]21. The van der Waals surface area contributed by atoms with Gasteiger partial charge in [-0.1, -0.05) is 30.3 Å². The molecular formula is C14H18N2O2.